The molecule has 2 rings (SSSR count). The summed E-state index contributed by atoms with van der Waals surface area (Å²) in [6.07, 6.45) is 1.69. The standard InChI is InChI=1S/C14H18N4O2/c1-19-12-4-3-10(7-13(12)20-2)9-17-11-5-6-16-14(8-11)18-15/h3-8H,9,15H2,1-2H3,(H2,16,17,18). The van der Waals surface area contributed by atoms with Gasteiger partial charge in [0.05, 0.1) is 14.2 Å². The van der Waals surface area contributed by atoms with Crippen molar-refractivity contribution in [3.8, 4) is 11.5 Å². The molecule has 0 unspecified atom stereocenters. The highest BCUT2D eigenvalue weighted by Gasteiger charge is 2.04. The number of nitrogens with zero attached hydrogens (tertiary/aromatic N) is 1. The normalized spacial score (nSPS) is 9.95. The zero-order valence-corrected chi connectivity index (χ0v) is 11.5. The Labute approximate surface area is 117 Å². The monoisotopic (exact) mass is 274 g/mol. The summed E-state index contributed by atoms with van der Waals surface area (Å²) in [6, 6.07) is 9.52. The smallest absolute Gasteiger partial charge is 0.161 e. The summed E-state index contributed by atoms with van der Waals surface area (Å²) in [5.41, 5.74) is 4.53. The van der Waals surface area contributed by atoms with E-state index in [4.69, 9.17) is 15.3 Å². The number of benzene rings is 1. The summed E-state index contributed by atoms with van der Waals surface area (Å²) in [7, 11) is 3.24. The van der Waals surface area contributed by atoms with Gasteiger partial charge in [-0.25, -0.2) is 10.8 Å². The molecule has 0 spiro atoms. The molecule has 0 aliphatic carbocycles. The predicted octanol–water partition coefficient (Wildman–Crippen LogP) is 2.00. The molecular formula is C14H18N4O2. The minimum atomic E-state index is 0.613. The Morgan fingerprint density at radius 1 is 1.10 bits per heavy atom. The summed E-state index contributed by atoms with van der Waals surface area (Å²) in [6.45, 7) is 0.661. The van der Waals surface area contributed by atoms with E-state index in [1.165, 1.54) is 0 Å². The van der Waals surface area contributed by atoms with Gasteiger partial charge in [0.1, 0.15) is 5.82 Å². The first-order valence-corrected chi connectivity index (χ1v) is 6.14. The Hall–Kier alpha value is -2.47. The molecule has 1 aromatic heterocycles. The molecule has 0 saturated heterocycles. The lowest BCUT2D eigenvalue weighted by atomic mass is 10.2. The zero-order valence-electron chi connectivity index (χ0n) is 11.5. The SMILES string of the molecule is COc1ccc(CNc2ccnc(NN)c2)cc1OC. The van der Waals surface area contributed by atoms with Crippen molar-refractivity contribution in [1.29, 1.82) is 0 Å². The number of pyridine rings is 1. The minimum Gasteiger partial charge on any atom is -0.493 e. The van der Waals surface area contributed by atoms with Crippen molar-refractivity contribution in [2.75, 3.05) is 25.0 Å². The minimum absolute atomic E-state index is 0.613. The molecule has 0 aliphatic heterocycles. The second-order valence-electron chi connectivity index (χ2n) is 4.12. The van der Waals surface area contributed by atoms with Crippen molar-refractivity contribution in [3.05, 3.63) is 42.1 Å². The molecule has 0 radical (unpaired) electrons. The molecule has 0 atom stereocenters. The van der Waals surface area contributed by atoms with Crippen LogP contribution in [0.4, 0.5) is 11.5 Å². The van der Waals surface area contributed by atoms with Crippen LogP contribution in [0.5, 0.6) is 11.5 Å². The fraction of sp³-hybridized carbons (Fsp3) is 0.214. The second kappa shape index (κ2) is 6.63. The van der Waals surface area contributed by atoms with Crippen LogP contribution >= 0.6 is 0 Å². The van der Waals surface area contributed by atoms with E-state index >= 15 is 0 Å². The first kappa shape index (κ1) is 14.0. The molecule has 0 aliphatic rings. The number of methoxy groups -OCH3 is 2. The summed E-state index contributed by atoms with van der Waals surface area (Å²) in [4.78, 5) is 4.05. The Morgan fingerprint density at radius 3 is 2.60 bits per heavy atom. The van der Waals surface area contributed by atoms with Crippen molar-refractivity contribution in [2.45, 2.75) is 6.54 Å². The lowest BCUT2D eigenvalue weighted by Gasteiger charge is -2.11. The van der Waals surface area contributed by atoms with Gasteiger partial charge in [0.15, 0.2) is 11.5 Å². The highest BCUT2D eigenvalue weighted by Crippen LogP contribution is 2.27. The summed E-state index contributed by atoms with van der Waals surface area (Å²) >= 11 is 0. The van der Waals surface area contributed by atoms with Crippen molar-refractivity contribution in [3.63, 3.8) is 0 Å². The number of nitrogens with two attached hydrogens (primary N) is 1. The number of ether oxygens (including phenoxy) is 2. The first-order chi connectivity index (χ1) is 9.76. The number of anilines is 2. The van der Waals surface area contributed by atoms with Gasteiger partial charge < -0.3 is 20.2 Å². The lowest BCUT2D eigenvalue weighted by molar-refractivity contribution is 0.354. The average molecular weight is 274 g/mol. The summed E-state index contributed by atoms with van der Waals surface area (Å²) in [5.74, 6) is 7.37. The van der Waals surface area contributed by atoms with Gasteiger partial charge in [0.2, 0.25) is 0 Å². The highest BCUT2D eigenvalue weighted by molar-refractivity contribution is 5.52. The maximum Gasteiger partial charge on any atom is 0.161 e. The number of nitrogens with one attached hydrogen (secondary N) is 2. The van der Waals surface area contributed by atoms with Gasteiger partial charge in [-0.1, -0.05) is 6.07 Å². The molecule has 0 saturated carbocycles. The number of nitrogen functional groups attached to an aromatic ring is 1. The van der Waals surface area contributed by atoms with Crippen LogP contribution in [0.3, 0.4) is 0 Å². The van der Waals surface area contributed by atoms with Crippen LogP contribution in [0.2, 0.25) is 0 Å². The first-order valence-electron chi connectivity index (χ1n) is 6.14. The molecule has 106 valence electrons. The Balaban J connectivity index is 2.06. The van der Waals surface area contributed by atoms with Crippen LogP contribution in [0.1, 0.15) is 5.56 Å². The molecule has 6 nitrogen and oxygen atoms in total. The number of hydrogen-bond acceptors (Lipinski definition) is 6. The predicted molar refractivity (Wildman–Crippen MR) is 78.9 cm³/mol. The largest absolute Gasteiger partial charge is 0.493 e. The van der Waals surface area contributed by atoms with E-state index in [-0.39, 0.29) is 0 Å². The van der Waals surface area contributed by atoms with Gasteiger partial charge in [0, 0.05) is 24.5 Å². The summed E-state index contributed by atoms with van der Waals surface area (Å²) < 4.78 is 10.5. The average Bonchev–Trinajstić information content (AvgIpc) is 2.52. The van der Waals surface area contributed by atoms with Crippen LogP contribution in [-0.2, 0) is 6.54 Å². The Morgan fingerprint density at radius 2 is 1.90 bits per heavy atom. The lowest BCUT2D eigenvalue weighted by Crippen LogP contribution is -2.09. The zero-order chi connectivity index (χ0) is 14.4. The van der Waals surface area contributed by atoms with E-state index in [1.54, 1.807) is 20.4 Å². The van der Waals surface area contributed by atoms with Gasteiger partial charge in [-0.05, 0) is 23.8 Å². The molecule has 0 bridgehead atoms. The number of hydrazine groups is 1. The van der Waals surface area contributed by atoms with Crippen LogP contribution in [0.15, 0.2) is 36.5 Å². The maximum atomic E-state index is 5.33. The highest BCUT2D eigenvalue weighted by atomic mass is 16.5. The topological polar surface area (TPSA) is 81.4 Å². The van der Waals surface area contributed by atoms with Crippen molar-refractivity contribution in [1.82, 2.24) is 4.98 Å². The third-order valence-corrected chi connectivity index (χ3v) is 2.85. The van der Waals surface area contributed by atoms with E-state index in [2.05, 4.69) is 15.7 Å². The molecule has 20 heavy (non-hydrogen) atoms. The number of rotatable bonds is 6. The Kier molecular flexibility index (Phi) is 4.62. The summed E-state index contributed by atoms with van der Waals surface area (Å²) in [5, 5.41) is 3.29. The maximum absolute atomic E-state index is 5.33. The molecule has 0 amide bonds. The van der Waals surface area contributed by atoms with E-state index in [0.717, 1.165) is 17.0 Å². The van der Waals surface area contributed by atoms with Gasteiger partial charge in [0.25, 0.3) is 0 Å². The van der Waals surface area contributed by atoms with Gasteiger partial charge >= 0.3 is 0 Å². The molecule has 1 aromatic carbocycles. The van der Waals surface area contributed by atoms with Crippen LogP contribution < -0.4 is 26.1 Å². The number of aromatic nitrogens is 1. The van der Waals surface area contributed by atoms with E-state index in [1.807, 2.05) is 30.3 Å². The fourth-order valence-electron chi connectivity index (χ4n) is 1.81. The molecule has 0 fully saturated rings. The van der Waals surface area contributed by atoms with E-state index in [9.17, 15) is 0 Å². The van der Waals surface area contributed by atoms with Crippen molar-refractivity contribution >= 4 is 11.5 Å². The quantitative estimate of drug-likeness (QED) is 0.552. The fourth-order valence-corrected chi connectivity index (χ4v) is 1.81. The van der Waals surface area contributed by atoms with Crippen LogP contribution in [-0.4, -0.2) is 19.2 Å². The van der Waals surface area contributed by atoms with Gasteiger partial charge in [-0.15, -0.1) is 0 Å². The van der Waals surface area contributed by atoms with Crippen LogP contribution in [0.25, 0.3) is 0 Å². The van der Waals surface area contributed by atoms with Gasteiger partial charge in [-0.3, -0.25) is 0 Å². The van der Waals surface area contributed by atoms with Crippen LogP contribution in [0, 0.1) is 0 Å². The third-order valence-electron chi connectivity index (χ3n) is 2.85. The molecular weight excluding hydrogens is 256 g/mol. The second-order valence-corrected chi connectivity index (χ2v) is 4.12. The van der Waals surface area contributed by atoms with E-state index < -0.39 is 0 Å². The third kappa shape index (κ3) is 3.30. The number of hydrogen-bond donors (Lipinski definition) is 3. The van der Waals surface area contributed by atoms with Gasteiger partial charge in [-0.2, -0.15) is 0 Å². The Bertz CT molecular complexity index is 575. The molecule has 4 N–H and O–H groups in total. The van der Waals surface area contributed by atoms with Crippen molar-refractivity contribution in [2.24, 2.45) is 5.84 Å². The molecule has 2 aromatic rings. The van der Waals surface area contributed by atoms with E-state index in [0.29, 0.717) is 18.1 Å². The molecule has 1 heterocycles. The van der Waals surface area contributed by atoms with Crippen molar-refractivity contribution < 1.29 is 9.47 Å². The molecule has 6 heteroatoms.